The molecule has 2 aromatic rings. The van der Waals surface area contributed by atoms with Gasteiger partial charge in [-0.25, -0.2) is 0 Å². The molecule has 0 bridgehead atoms. The summed E-state index contributed by atoms with van der Waals surface area (Å²) in [7, 11) is 0. The SMILES string of the molecule is CC[C@@H](C)c1ccccc1O[C@H](C)C(=O)Nc1cccc(N)c1. The zero-order valence-corrected chi connectivity index (χ0v) is 13.9. The minimum atomic E-state index is -0.596. The molecule has 122 valence electrons. The van der Waals surface area contributed by atoms with E-state index in [2.05, 4.69) is 19.2 Å². The third-order valence-electron chi connectivity index (χ3n) is 3.89. The molecule has 0 aromatic heterocycles. The Labute approximate surface area is 137 Å². The quantitative estimate of drug-likeness (QED) is 0.786. The number of rotatable bonds is 6. The first-order valence-corrected chi connectivity index (χ1v) is 7.93. The molecular weight excluding hydrogens is 288 g/mol. The zero-order chi connectivity index (χ0) is 16.8. The number of hydrogen-bond acceptors (Lipinski definition) is 3. The van der Waals surface area contributed by atoms with Crippen LogP contribution in [0.2, 0.25) is 0 Å². The molecule has 2 aromatic carbocycles. The largest absolute Gasteiger partial charge is 0.481 e. The van der Waals surface area contributed by atoms with Crippen molar-refractivity contribution in [1.29, 1.82) is 0 Å². The van der Waals surface area contributed by atoms with Crippen LogP contribution in [-0.4, -0.2) is 12.0 Å². The van der Waals surface area contributed by atoms with Gasteiger partial charge in [0.2, 0.25) is 0 Å². The Kier molecular flexibility index (Phi) is 5.63. The molecule has 0 aliphatic carbocycles. The van der Waals surface area contributed by atoms with Crippen LogP contribution in [0.5, 0.6) is 5.75 Å². The maximum atomic E-state index is 12.3. The van der Waals surface area contributed by atoms with Crippen molar-refractivity contribution in [2.45, 2.75) is 39.2 Å². The molecule has 2 atom stereocenters. The first-order chi connectivity index (χ1) is 11.0. The van der Waals surface area contributed by atoms with E-state index in [0.717, 1.165) is 17.7 Å². The highest BCUT2D eigenvalue weighted by Crippen LogP contribution is 2.29. The number of amides is 1. The zero-order valence-electron chi connectivity index (χ0n) is 13.9. The Morgan fingerprint density at radius 3 is 2.61 bits per heavy atom. The lowest BCUT2D eigenvalue weighted by Crippen LogP contribution is -2.30. The predicted molar refractivity (Wildman–Crippen MR) is 94.7 cm³/mol. The molecule has 23 heavy (non-hydrogen) atoms. The molecule has 0 aliphatic heterocycles. The van der Waals surface area contributed by atoms with Gasteiger partial charge in [0.25, 0.3) is 5.91 Å². The van der Waals surface area contributed by atoms with Crippen molar-refractivity contribution in [2.75, 3.05) is 11.1 Å². The van der Waals surface area contributed by atoms with E-state index in [-0.39, 0.29) is 5.91 Å². The summed E-state index contributed by atoms with van der Waals surface area (Å²) in [6.45, 7) is 6.03. The van der Waals surface area contributed by atoms with E-state index in [0.29, 0.717) is 17.3 Å². The Morgan fingerprint density at radius 2 is 1.91 bits per heavy atom. The predicted octanol–water partition coefficient (Wildman–Crippen LogP) is 4.19. The highest BCUT2D eigenvalue weighted by molar-refractivity contribution is 5.94. The maximum absolute atomic E-state index is 12.3. The second kappa shape index (κ2) is 7.68. The Bertz CT molecular complexity index is 670. The highest BCUT2D eigenvalue weighted by atomic mass is 16.5. The van der Waals surface area contributed by atoms with Crippen molar-refractivity contribution < 1.29 is 9.53 Å². The normalized spacial score (nSPS) is 13.2. The van der Waals surface area contributed by atoms with Gasteiger partial charge in [-0.2, -0.15) is 0 Å². The molecule has 2 rings (SSSR count). The van der Waals surface area contributed by atoms with Crippen molar-refractivity contribution in [3.63, 3.8) is 0 Å². The first kappa shape index (κ1) is 16.9. The van der Waals surface area contributed by atoms with E-state index >= 15 is 0 Å². The second-order valence-electron chi connectivity index (χ2n) is 5.72. The fourth-order valence-corrected chi connectivity index (χ4v) is 2.32. The summed E-state index contributed by atoms with van der Waals surface area (Å²) in [6, 6.07) is 15.0. The minimum Gasteiger partial charge on any atom is -0.481 e. The average molecular weight is 312 g/mol. The lowest BCUT2D eigenvalue weighted by Gasteiger charge is -2.19. The van der Waals surface area contributed by atoms with Crippen molar-refractivity contribution in [1.82, 2.24) is 0 Å². The summed E-state index contributed by atoms with van der Waals surface area (Å²) in [6.07, 6.45) is 0.422. The molecule has 0 spiro atoms. The third kappa shape index (κ3) is 4.49. The summed E-state index contributed by atoms with van der Waals surface area (Å²) in [5.74, 6) is 0.946. The lowest BCUT2D eigenvalue weighted by molar-refractivity contribution is -0.122. The molecule has 0 aliphatic rings. The van der Waals surface area contributed by atoms with E-state index in [1.807, 2.05) is 24.3 Å². The van der Waals surface area contributed by atoms with Crippen LogP contribution in [0, 0.1) is 0 Å². The van der Waals surface area contributed by atoms with Gasteiger partial charge in [0.15, 0.2) is 6.10 Å². The number of ether oxygens (including phenoxy) is 1. The third-order valence-corrected chi connectivity index (χ3v) is 3.89. The average Bonchev–Trinajstić information content (AvgIpc) is 2.54. The summed E-state index contributed by atoms with van der Waals surface area (Å²) in [4.78, 5) is 12.3. The van der Waals surface area contributed by atoms with Gasteiger partial charge in [-0.3, -0.25) is 4.79 Å². The van der Waals surface area contributed by atoms with E-state index in [1.165, 1.54) is 0 Å². The molecule has 0 unspecified atom stereocenters. The molecule has 1 amide bonds. The summed E-state index contributed by atoms with van der Waals surface area (Å²) in [5.41, 5.74) is 8.12. The minimum absolute atomic E-state index is 0.199. The molecular formula is C19H24N2O2. The molecule has 0 heterocycles. The number of hydrogen-bond donors (Lipinski definition) is 2. The van der Waals surface area contributed by atoms with Crippen LogP contribution in [0.15, 0.2) is 48.5 Å². The van der Waals surface area contributed by atoms with Crippen molar-refractivity contribution in [2.24, 2.45) is 0 Å². The molecule has 0 saturated carbocycles. The maximum Gasteiger partial charge on any atom is 0.265 e. The van der Waals surface area contributed by atoms with Crippen molar-refractivity contribution in [3.05, 3.63) is 54.1 Å². The fraction of sp³-hybridized carbons (Fsp3) is 0.316. The van der Waals surface area contributed by atoms with E-state index in [4.69, 9.17) is 10.5 Å². The number of carbonyl (C=O) groups excluding carboxylic acids is 1. The van der Waals surface area contributed by atoms with Crippen molar-refractivity contribution in [3.8, 4) is 5.75 Å². The summed E-state index contributed by atoms with van der Waals surface area (Å²) >= 11 is 0. The van der Waals surface area contributed by atoms with Gasteiger partial charge in [0, 0.05) is 11.4 Å². The molecule has 3 N–H and O–H groups in total. The smallest absolute Gasteiger partial charge is 0.265 e. The van der Waals surface area contributed by atoms with Crippen LogP contribution in [0.25, 0.3) is 0 Å². The number of nitrogens with one attached hydrogen (secondary N) is 1. The molecule has 0 fully saturated rings. The van der Waals surface area contributed by atoms with Gasteiger partial charge in [-0.05, 0) is 49.1 Å². The van der Waals surface area contributed by atoms with Gasteiger partial charge < -0.3 is 15.8 Å². The number of anilines is 2. The van der Waals surface area contributed by atoms with Gasteiger partial charge in [0.05, 0.1) is 0 Å². The van der Waals surface area contributed by atoms with Gasteiger partial charge >= 0.3 is 0 Å². The first-order valence-electron chi connectivity index (χ1n) is 7.93. The van der Waals surface area contributed by atoms with Crippen LogP contribution in [0.1, 0.15) is 38.7 Å². The summed E-state index contributed by atoms with van der Waals surface area (Å²) in [5, 5.41) is 2.82. The Hall–Kier alpha value is -2.49. The van der Waals surface area contributed by atoms with Gasteiger partial charge in [-0.15, -0.1) is 0 Å². The van der Waals surface area contributed by atoms with E-state index in [9.17, 15) is 4.79 Å². The molecule has 0 saturated heterocycles. The lowest BCUT2D eigenvalue weighted by atomic mass is 9.98. The van der Waals surface area contributed by atoms with Crippen LogP contribution in [0.3, 0.4) is 0 Å². The van der Waals surface area contributed by atoms with Crippen LogP contribution in [-0.2, 0) is 4.79 Å². The highest BCUT2D eigenvalue weighted by Gasteiger charge is 2.18. The Morgan fingerprint density at radius 1 is 1.17 bits per heavy atom. The van der Waals surface area contributed by atoms with E-state index < -0.39 is 6.10 Å². The number of carbonyl (C=O) groups is 1. The topological polar surface area (TPSA) is 64.3 Å². The van der Waals surface area contributed by atoms with Crippen LogP contribution in [0.4, 0.5) is 11.4 Å². The van der Waals surface area contributed by atoms with Crippen LogP contribution >= 0.6 is 0 Å². The molecule has 0 radical (unpaired) electrons. The second-order valence-corrected chi connectivity index (χ2v) is 5.72. The molecule has 4 heteroatoms. The fourth-order valence-electron chi connectivity index (χ4n) is 2.32. The van der Waals surface area contributed by atoms with Gasteiger partial charge in [0.1, 0.15) is 5.75 Å². The summed E-state index contributed by atoms with van der Waals surface area (Å²) < 4.78 is 5.89. The van der Waals surface area contributed by atoms with Gasteiger partial charge in [-0.1, -0.05) is 38.1 Å². The monoisotopic (exact) mass is 312 g/mol. The number of benzene rings is 2. The Balaban J connectivity index is 2.07. The van der Waals surface area contributed by atoms with Crippen molar-refractivity contribution >= 4 is 17.3 Å². The standard InChI is InChI=1S/C19H24N2O2/c1-4-13(2)17-10-5-6-11-18(17)23-14(3)19(22)21-16-9-7-8-15(20)12-16/h5-14H,4,20H2,1-3H3,(H,21,22)/t13-,14-/m1/s1. The number of nitrogens with two attached hydrogens (primary N) is 1. The van der Waals surface area contributed by atoms with Crippen LogP contribution < -0.4 is 15.8 Å². The number of nitrogen functional groups attached to an aromatic ring is 1. The molecule has 4 nitrogen and oxygen atoms in total. The number of para-hydroxylation sites is 1. The van der Waals surface area contributed by atoms with E-state index in [1.54, 1.807) is 31.2 Å².